The molecule has 0 fully saturated rings. The fourth-order valence-electron chi connectivity index (χ4n) is 4.88. The van der Waals surface area contributed by atoms with E-state index < -0.39 is 5.54 Å². The van der Waals surface area contributed by atoms with Crippen LogP contribution >= 0.6 is 0 Å². The average Bonchev–Trinajstić information content (AvgIpc) is 3.37. The van der Waals surface area contributed by atoms with Crippen LogP contribution in [0.3, 0.4) is 0 Å². The summed E-state index contributed by atoms with van der Waals surface area (Å²) in [5.41, 5.74) is 3.52. The van der Waals surface area contributed by atoms with E-state index in [4.69, 9.17) is 23.9 Å². The molecule has 1 unspecified atom stereocenters. The van der Waals surface area contributed by atoms with Gasteiger partial charge in [0.2, 0.25) is 5.75 Å². The first kappa shape index (κ1) is 28.3. The third kappa shape index (κ3) is 5.64. The van der Waals surface area contributed by atoms with Crippen LogP contribution < -0.4 is 34.9 Å². The zero-order valence-electron chi connectivity index (χ0n) is 24.0. The Bertz CT molecular complexity index is 1580. The highest BCUT2D eigenvalue weighted by molar-refractivity contribution is 6.05. The van der Waals surface area contributed by atoms with Crippen molar-refractivity contribution in [1.29, 1.82) is 0 Å². The number of hydrogen-bond acceptors (Lipinski definition) is 8. The number of amidine groups is 1. The number of rotatable bonds is 9. The molecule has 216 valence electrons. The Morgan fingerprint density at radius 1 is 0.786 bits per heavy atom. The molecule has 0 spiro atoms. The van der Waals surface area contributed by atoms with Gasteiger partial charge in [0.1, 0.15) is 17.1 Å². The van der Waals surface area contributed by atoms with Crippen LogP contribution in [0.5, 0.6) is 23.0 Å². The lowest BCUT2D eigenvalue weighted by molar-refractivity contribution is 0.0961. The Balaban J connectivity index is 1.25. The highest BCUT2D eigenvalue weighted by Crippen LogP contribution is 2.39. The first-order chi connectivity index (χ1) is 20.3. The number of carbonyl (C=O) groups is 2. The van der Waals surface area contributed by atoms with Gasteiger partial charge in [-0.05, 0) is 79.7 Å². The SMILES string of the molecule is COc1ccc(C(=O)Nc2ccc(C3=NC4(C)CC(NC(=O)c5cc(OC)c(OC)c(OC)c5)=CC=C4N3)cc2)cc1. The van der Waals surface area contributed by atoms with Gasteiger partial charge >= 0.3 is 0 Å². The number of ether oxygens (including phenoxy) is 4. The fourth-order valence-corrected chi connectivity index (χ4v) is 4.88. The maximum absolute atomic E-state index is 13.1. The molecule has 2 amide bonds. The number of carbonyl (C=O) groups excluding carboxylic acids is 2. The van der Waals surface area contributed by atoms with E-state index in [9.17, 15) is 9.59 Å². The highest BCUT2D eigenvalue weighted by atomic mass is 16.5. The van der Waals surface area contributed by atoms with Gasteiger partial charge in [-0.2, -0.15) is 0 Å². The van der Waals surface area contributed by atoms with Crippen LogP contribution in [0.25, 0.3) is 0 Å². The number of benzene rings is 3. The summed E-state index contributed by atoms with van der Waals surface area (Å²) in [5.74, 6) is 2.10. The second kappa shape index (κ2) is 11.7. The van der Waals surface area contributed by atoms with Crippen molar-refractivity contribution in [3.63, 3.8) is 0 Å². The number of fused-ring (bicyclic) bond motifs is 1. The van der Waals surface area contributed by atoms with Crippen molar-refractivity contribution in [2.45, 2.75) is 18.9 Å². The number of methoxy groups -OCH3 is 4. The van der Waals surface area contributed by atoms with Crippen molar-refractivity contribution < 1.29 is 28.5 Å². The van der Waals surface area contributed by atoms with Crippen molar-refractivity contribution in [2.75, 3.05) is 33.8 Å². The first-order valence-electron chi connectivity index (χ1n) is 13.2. The molecule has 0 radical (unpaired) electrons. The first-order valence-corrected chi connectivity index (χ1v) is 13.2. The van der Waals surface area contributed by atoms with Gasteiger partial charge in [-0.1, -0.05) is 0 Å². The quantitative estimate of drug-likeness (QED) is 0.343. The predicted octanol–water partition coefficient (Wildman–Crippen LogP) is 4.68. The molecular weight excluding hydrogens is 536 g/mol. The van der Waals surface area contributed by atoms with E-state index in [1.165, 1.54) is 21.3 Å². The summed E-state index contributed by atoms with van der Waals surface area (Å²) in [6.07, 6.45) is 4.28. The number of nitrogens with zero attached hydrogens (tertiary/aromatic N) is 1. The van der Waals surface area contributed by atoms with Crippen LogP contribution in [0, 0.1) is 0 Å². The molecule has 5 rings (SSSR count). The molecule has 10 nitrogen and oxygen atoms in total. The minimum absolute atomic E-state index is 0.211. The Morgan fingerprint density at radius 2 is 1.43 bits per heavy atom. The molecule has 1 heterocycles. The lowest BCUT2D eigenvalue weighted by atomic mass is 9.89. The van der Waals surface area contributed by atoms with Gasteiger partial charge < -0.3 is 34.9 Å². The molecule has 0 saturated heterocycles. The molecule has 1 aliphatic heterocycles. The van der Waals surface area contributed by atoms with Gasteiger partial charge in [0.25, 0.3) is 11.8 Å². The molecule has 0 bridgehead atoms. The Kier molecular flexibility index (Phi) is 7.88. The molecule has 42 heavy (non-hydrogen) atoms. The van der Waals surface area contributed by atoms with Gasteiger partial charge in [0.15, 0.2) is 11.5 Å². The number of hydrogen-bond donors (Lipinski definition) is 3. The topological polar surface area (TPSA) is 120 Å². The summed E-state index contributed by atoms with van der Waals surface area (Å²) in [7, 11) is 6.10. The maximum atomic E-state index is 13.1. The van der Waals surface area contributed by atoms with Crippen LogP contribution in [0.15, 0.2) is 89.2 Å². The van der Waals surface area contributed by atoms with E-state index in [2.05, 4.69) is 16.0 Å². The summed E-state index contributed by atoms with van der Waals surface area (Å²) in [6, 6.07) is 17.6. The lowest BCUT2D eigenvalue weighted by Crippen LogP contribution is -2.34. The molecule has 3 N–H and O–H groups in total. The Labute approximate surface area is 244 Å². The lowest BCUT2D eigenvalue weighted by Gasteiger charge is -2.27. The zero-order chi connectivity index (χ0) is 29.9. The highest BCUT2D eigenvalue weighted by Gasteiger charge is 2.38. The standard InChI is InChI=1S/C32H32N4O6/c1-32-18-23(34-31(38)21-16-25(40-3)28(42-5)26(17-21)41-4)12-15-27(32)35-29(36-32)19-6-10-22(11-7-19)33-30(37)20-8-13-24(39-2)14-9-20/h6-17H,18H2,1-5H3,(H,33,37)(H,34,38)(H,35,36). The van der Waals surface area contributed by atoms with Gasteiger partial charge in [0, 0.05) is 40.2 Å². The van der Waals surface area contributed by atoms with E-state index in [0.29, 0.717) is 52.1 Å². The zero-order valence-corrected chi connectivity index (χ0v) is 24.0. The number of anilines is 1. The Morgan fingerprint density at radius 3 is 2.02 bits per heavy atom. The minimum atomic E-state index is -0.580. The second-order valence-electron chi connectivity index (χ2n) is 9.94. The molecular formula is C32H32N4O6. The number of amides is 2. The normalized spacial score (nSPS) is 17.0. The van der Waals surface area contributed by atoms with E-state index >= 15 is 0 Å². The van der Waals surface area contributed by atoms with Crippen molar-refractivity contribution >= 4 is 23.3 Å². The van der Waals surface area contributed by atoms with Crippen LogP contribution in [0.1, 0.15) is 39.6 Å². The number of nitrogens with one attached hydrogen (secondary N) is 3. The third-order valence-electron chi connectivity index (χ3n) is 7.15. The van der Waals surface area contributed by atoms with Crippen LogP contribution in [0.4, 0.5) is 5.69 Å². The summed E-state index contributed by atoms with van der Waals surface area (Å²) < 4.78 is 21.3. The molecule has 10 heteroatoms. The van der Waals surface area contributed by atoms with E-state index in [1.54, 1.807) is 43.5 Å². The number of aliphatic imine (C=N–C) groups is 1. The molecule has 1 atom stereocenters. The van der Waals surface area contributed by atoms with Crippen molar-refractivity contribution in [3.8, 4) is 23.0 Å². The molecule has 2 aliphatic rings. The third-order valence-corrected chi connectivity index (χ3v) is 7.15. The molecule has 0 saturated carbocycles. The average molecular weight is 569 g/mol. The fraction of sp³-hybridized carbons (Fsp3) is 0.219. The summed E-state index contributed by atoms with van der Waals surface area (Å²) in [6.45, 7) is 2.01. The van der Waals surface area contributed by atoms with Crippen molar-refractivity contribution in [3.05, 3.63) is 101 Å². The molecule has 3 aromatic carbocycles. The van der Waals surface area contributed by atoms with Gasteiger partial charge in [0.05, 0.1) is 28.4 Å². The predicted molar refractivity (Wildman–Crippen MR) is 160 cm³/mol. The minimum Gasteiger partial charge on any atom is -0.497 e. The van der Waals surface area contributed by atoms with Gasteiger partial charge in [-0.15, -0.1) is 0 Å². The molecule has 3 aromatic rings. The van der Waals surface area contributed by atoms with E-state index in [-0.39, 0.29) is 11.8 Å². The van der Waals surface area contributed by atoms with Crippen molar-refractivity contribution in [1.82, 2.24) is 10.6 Å². The van der Waals surface area contributed by atoms with E-state index in [1.807, 2.05) is 43.3 Å². The molecule has 0 aromatic heterocycles. The number of allylic oxidation sites excluding steroid dienone is 2. The van der Waals surface area contributed by atoms with Crippen LogP contribution in [0.2, 0.25) is 0 Å². The van der Waals surface area contributed by atoms with Crippen LogP contribution in [-0.2, 0) is 0 Å². The largest absolute Gasteiger partial charge is 0.497 e. The van der Waals surface area contributed by atoms with E-state index in [0.717, 1.165) is 17.0 Å². The smallest absolute Gasteiger partial charge is 0.255 e. The molecule has 1 aliphatic carbocycles. The summed E-state index contributed by atoms with van der Waals surface area (Å²) >= 11 is 0. The van der Waals surface area contributed by atoms with Crippen LogP contribution in [-0.4, -0.2) is 51.6 Å². The second-order valence-corrected chi connectivity index (χ2v) is 9.94. The van der Waals surface area contributed by atoms with Gasteiger partial charge in [-0.25, -0.2) is 0 Å². The Hall–Kier alpha value is -5.25. The van der Waals surface area contributed by atoms with Gasteiger partial charge in [-0.3, -0.25) is 14.6 Å². The van der Waals surface area contributed by atoms with Crippen molar-refractivity contribution in [2.24, 2.45) is 4.99 Å². The monoisotopic (exact) mass is 568 g/mol. The summed E-state index contributed by atoms with van der Waals surface area (Å²) in [5, 5.41) is 9.30. The maximum Gasteiger partial charge on any atom is 0.255 e. The summed E-state index contributed by atoms with van der Waals surface area (Å²) in [4.78, 5) is 30.7.